The van der Waals surface area contributed by atoms with E-state index in [2.05, 4.69) is 16.8 Å². The van der Waals surface area contributed by atoms with Crippen LogP contribution in [0.2, 0.25) is 5.02 Å². The lowest BCUT2D eigenvalue weighted by molar-refractivity contribution is -0.146. The Morgan fingerprint density at radius 3 is 2.89 bits per heavy atom. The summed E-state index contributed by atoms with van der Waals surface area (Å²) in [4.78, 5) is 18.4. The van der Waals surface area contributed by atoms with E-state index < -0.39 is 23.5 Å². The first-order valence-electron chi connectivity index (χ1n) is 11.9. The van der Waals surface area contributed by atoms with E-state index in [4.69, 9.17) is 16.3 Å². The summed E-state index contributed by atoms with van der Waals surface area (Å²) in [6, 6.07) is 8.84. The van der Waals surface area contributed by atoms with Crippen LogP contribution >= 0.6 is 11.6 Å². The molecule has 2 aromatic carbocycles. The quantitative estimate of drug-likeness (QED) is 0.419. The van der Waals surface area contributed by atoms with Crippen molar-refractivity contribution in [3.8, 4) is 17.6 Å². The molecular weight excluding hydrogens is 486 g/mol. The van der Waals surface area contributed by atoms with Crippen molar-refractivity contribution < 1.29 is 23.4 Å². The van der Waals surface area contributed by atoms with Crippen LogP contribution in [0.5, 0.6) is 5.75 Å². The van der Waals surface area contributed by atoms with Crippen LogP contribution in [0.25, 0.3) is 10.9 Å². The number of carboxylic acids is 1. The summed E-state index contributed by atoms with van der Waals surface area (Å²) in [7, 11) is 1.61. The van der Waals surface area contributed by atoms with Gasteiger partial charge in [-0.15, -0.1) is 0 Å². The van der Waals surface area contributed by atoms with Crippen molar-refractivity contribution in [2.24, 2.45) is 11.8 Å². The molecule has 36 heavy (non-hydrogen) atoms. The van der Waals surface area contributed by atoms with Crippen LogP contribution in [0.15, 0.2) is 42.6 Å². The fourth-order valence-corrected chi connectivity index (χ4v) is 5.05. The average molecular weight is 513 g/mol. The molecule has 1 aromatic heterocycles. The molecule has 8 heteroatoms. The maximum Gasteiger partial charge on any atom is 0.308 e. The van der Waals surface area contributed by atoms with Crippen LogP contribution in [0.4, 0.5) is 8.78 Å². The highest BCUT2D eigenvalue weighted by Crippen LogP contribution is 2.32. The molecule has 0 radical (unpaired) electrons. The van der Waals surface area contributed by atoms with E-state index in [0.717, 1.165) is 59.7 Å². The molecule has 2 atom stereocenters. The number of halogens is 3. The monoisotopic (exact) mass is 512 g/mol. The number of aliphatic carboxylic acids is 1. The molecule has 0 saturated carbocycles. The second kappa shape index (κ2) is 11.7. The molecule has 0 aliphatic carbocycles. The summed E-state index contributed by atoms with van der Waals surface area (Å²) in [6.45, 7) is 1.37. The number of piperidine rings is 1. The number of carbonyl (C=O) groups is 1. The molecular formula is C28H27ClF2N2O3. The molecule has 1 saturated heterocycles. The maximum atomic E-state index is 13.8. The first-order valence-corrected chi connectivity index (χ1v) is 12.2. The van der Waals surface area contributed by atoms with Gasteiger partial charge in [0.15, 0.2) is 0 Å². The van der Waals surface area contributed by atoms with Gasteiger partial charge in [-0.05, 0) is 80.1 Å². The topological polar surface area (TPSA) is 62.7 Å². The number of aryl methyl sites for hydroxylation is 1. The lowest BCUT2D eigenvalue weighted by atomic mass is 9.81. The summed E-state index contributed by atoms with van der Waals surface area (Å²) in [6.07, 6.45) is 4.65. The van der Waals surface area contributed by atoms with Gasteiger partial charge >= 0.3 is 5.97 Å². The summed E-state index contributed by atoms with van der Waals surface area (Å²) in [5.74, 6) is 3.81. The number of aromatic nitrogens is 1. The first kappa shape index (κ1) is 25.9. The highest BCUT2D eigenvalue weighted by molar-refractivity contribution is 6.32. The molecule has 1 fully saturated rings. The zero-order valence-corrected chi connectivity index (χ0v) is 20.7. The number of carboxylic acid groups (broad SMARTS) is 1. The van der Waals surface area contributed by atoms with E-state index in [9.17, 15) is 18.7 Å². The van der Waals surface area contributed by atoms with E-state index in [1.807, 2.05) is 23.1 Å². The molecule has 1 aliphatic rings. The summed E-state index contributed by atoms with van der Waals surface area (Å²) in [5.41, 5.74) is 1.83. The number of nitrogens with zero attached hydrogens (tertiary/aromatic N) is 2. The Balaban J connectivity index is 1.37. The Bertz CT molecular complexity index is 1320. The maximum absolute atomic E-state index is 13.8. The molecule has 188 valence electrons. The minimum Gasteiger partial charge on any atom is -0.497 e. The lowest BCUT2D eigenvalue weighted by Crippen LogP contribution is -2.44. The van der Waals surface area contributed by atoms with Crippen LogP contribution in [-0.4, -0.2) is 47.7 Å². The van der Waals surface area contributed by atoms with Gasteiger partial charge < -0.3 is 9.84 Å². The summed E-state index contributed by atoms with van der Waals surface area (Å²) >= 11 is 6.47. The number of ether oxygens (including phenoxy) is 1. The fraction of sp³-hybridized carbons (Fsp3) is 0.357. The molecule has 1 N–H and O–H groups in total. The number of benzene rings is 2. The van der Waals surface area contributed by atoms with Gasteiger partial charge in [0.1, 0.15) is 17.4 Å². The molecule has 3 aromatic rings. The van der Waals surface area contributed by atoms with Crippen molar-refractivity contribution in [1.82, 2.24) is 9.88 Å². The Kier molecular flexibility index (Phi) is 8.40. The average Bonchev–Trinajstić information content (AvgIpc) is 2.87. The number of pyridine rings is 1. The Morgan fingerprint density at radius 2 is 2.11 bits per heavy atom. The predicted octanol–water partition coefficient (Wildman–Crippen LogP) is 5.57. The normalized spacial score (nSPS) is 18.0. The zero-order chi connectivity index (χ0) is 25.7. The van der Waals surface area contributed by atoms with Crippen LogP contribution in [0.3, 0.4) is 0 Å². The van der Waals surface area contributed by atoms with Gasteiger partial charge in [0.05, 0.1) is 35.7 Å². The lowest BCUT2D eigenvalue weighted by Gasteiger charge is -2.35. The van der Waals surface area contributed by atoms with Crippen molar-refractivity contribution in [3.05, 3.63) is 70.4 Å². The van der Waals surface area contributed by atoms with Gasteiger partial charge in [-0.2, -0.15) is 0 Å². The van der Waals surface area contributed by atoms with Crippen LogP contribution in [0.1, 0.15) is 30.4 Å². The van der Waals surface area contributed by atoms with Crippen molar-refractivity contribution in [2.75, 3.05) is 26.7 Å². The van der Waals surface area contributed by atoms with Crippen molar-refractivity contribution in [1.29, 1.82) is 0 Å². The second-order valence-corrected chi connectivity index (χ2v) is 9.42. The number of methoxy groups -OCH3 is 1. The smallest absolute Gasteiger partial charge is 0.308 e. The van der Waals surface area contributed by atoms with E-state index >= 15 is 0 Å². The zero-order valence-electron chi connectivity index (χ0n) is 19.9. The van der Waals surface area contributed by atoms with E-state index in [0.29, 0.717) is 31.1 Å². The number of likely N-dealkylation sites (tertiary alicyclic amines) is 1. The third-order valence-corrected chi connectivity index (χ3v) is 7.07. The molecule has 0 spiro atoms. The Hall–Kier alpha value is -3.21. The van der Waals surface area contributed by atoms with Crippen LogP contribution in [-0.2, 0) is 11.2 Å². The molecule has 1 aliphatic heterocycles. The first-order chi connectivity index (χ1) is 17.4. The van der Waals surface area contributed by atoms with Gasteiger partial charge in [-0.1, -0.05) is 23.4 Å². The number of rotatable bonds is 7. The molecule has 0 unspecified atom stereocenters. The number of fused-ring (bicyclic) bond motifs is 1. The van der Waals surface area contributed by atoms with Crippen LogP contribution in [0, 0.1) is 35.3 Å². The largest absolute Gasteiger partial charge is 0.497 e. The molecule has 0 amide bonds. The minimum atomic E-state index is -0.828. The van der Waals surface area contributed by atoms with Crippen molar-refractivity contribution in [2.45, 2.75) is 25.7 Å². The van der Waals surface area contributed by atoms with E-state index in [1.165, 1.54) is 0 Å². The van der Waals surface area contributed by atoms with E-state index in [1.54, 1.807) is 13.3 Å². The Labute approximate surface area is 214 Å². The predicted molar refractivity (Wildman–Crippen MR) is 135 cm³/mol. The fourth-order valence-electron chi connectivity index (χ4n) is 4.80. The van der Waals surface area contributed by atoms with Crippen molar-refractivity contribution >= 4 is 28.5 Å². The Morgan fingerprint density at radius 1 is 1.28 bits per heavy atom. The standard InChI is InChI=1S/C28H27ClF2N2O3/c1-36-21-8-10-27-23(15-21)22(25(29)16-32-27)6-2-4-18-11-13-33(17-24(18)28(34)35)12-3-5-19-14-20(30)7-9-26(19)31/h7-10,14-16,18,24H,2,4,6,11-13,17H2,1H3,(H,34,35)/t18-,24+/m0/s1. The van der Waals surface area contributed by atoms with Gasteiger partial charge in [0, 0.05) is 18.1 Å². The summed E-state index contributed by atoms with van der Waals surface area (Å²) < 4.78 is 32.4. The van der Waals surface area contributed by atoms with Gasteiger partial charge in [0.2, 0.25) is 0 Å². The number of hydrogen-bond acceptors (Lipinski definition) is 4. The highest BCUT2D eigenvalue weighted by atomic mass is 35.5. The third kappa shape index (κ3) is 6.13. The van der Waals surface area contributed by atoms with E-state index in [-0.39, 0.29) is 11.5 Å². The SMILES string of the molecule is COc1ccc2ncc(Cl)c(CCC[C@H]3CCN(CC#Cc4cc(F)ccc4F)C[C@H]3C(=O)O)c2c1. The minimum absolute atomic E-state index is 0.000382. The van der Waals surface area contributed by atoms with Gasteiger partial charge in [-0.3, -0.25) is 14.7 Å². The van der Waals surface area contributed by atoms with Crippen LogP contribution < -0.4 is 4.74 Å². The number of hydrogen-bond donors (Lipinski definition) is 1. The van der Waals surface area contributed by atoms with Gasteiger partial charge in [-0.25, -0.2) is 8.78 Å². The molecule has 5 nitrogen and oxygen atoms in total. The molecule has 0 bridgehead atoms. The van der Waals surface area contributed by atoms with Crippen molar-refractivity contribution in [3.63, 3.8) is 0 Å². The summed E-state index contributed by atoms with van der Waals surface area (Å²) in [5, 5.41) is 11.4. The molecule has 4 rings (SSSR count). The third-order valence-electron chi connectivity index (χ3n) is 6.75. The second-order valence-electron chi connectivity index (χ2n) is 9.01. The van der Waals surface area contributed by atoms with Gasteiger partial charge in [0.25, 0.3) is 0 Å². The molecule has 2 heterocycles. The highest BCUT2D eigenvalue weighted by Gasteiger charge is 2.33.